The monoisotopic (exact) mass is 419 g/mol. The number of benzene rings is 1. The summed E-state index contributed by atoms with van der Waals surface area (Å²) < 4.78 is 6.31. The first-order valence-corrected chi connectivity index (χ1v) is 11.5. The fourth-order valence-electron chi connectivity index (χ4n) is 4.37. The average molecular weight is 420 g/mol. The van der Waals surface area contributed by atoms with E-state index in [0.29, 0.717) is 17.6 Å². The van der Waals surface area contributed by atoms with Gasteiger partial charge in [-0.05, 0) is 66.0 Å². The van der Waals surface area contributed by atoms with Crippen molar-refractivity contribution in [3.05, 3.63) is 33.4 Å². The third kappa shape index (κ3) is 4.94. The van der Waals surface area contributed by atoms with Crippen molar-refractivity contribution in [1.29, 1.82) is 0 Å². The highest BCUT2D eigenvalue weighted by Gasteiger charge is 2.40. The highest BCUT2D eigenvalue weighted by molar-refractivity contribution is 8.14. The van der Waals surface area contributed by atoms with E-state index in [0.717, 1.165) is 22.2 Å². The lowest BCUT2D eigenvalue weighted by Crippen LogP contribution is -2.48. The van der Waals surface area contributed by atoms with E-state index < -0.39 is 0 Å². The zero-order valence-electron chi connectivity index (χ0n) is 18.4. The van der Waals surface area contributed by atoms with E-state index in [1.165, 1.54) is 25.7 Å². The molecule has 160 valence electrons. The standard InChI is InChI=1S/C22H33N3O3S/c1-14-15(2)19(25(26)27)12-11-18(14)23-21-24(17-9-7-8-10-17)20(13-29-21)16(3)28-22(4,5)6/h11-12,16-17,20H,7-10,13H2,1-6H3/b23-21-/t16-,20+/m1/s1. The van der Waals surface area contributed by atoms with Crippen LogP contribution in [0.1, 0.15) is 64.5 Å². The van der Waals surface area contributed by atoms with E-state index in [4.69, 9.17) is 9.73 Å². The summed E-state index contributed by atoms with van der Waals surface area (Å²) in [6, 6.07) is 4.15. The third-order valence-corrected chi connectivity index (χ3v) is 6.97. The summed E-state index contributed by atoms with van der Waals surface area (Å²) in [5, 5.41) is 12.3. The van der Waals surface area contributed by atoms with Crippen LogP contribution < -0.4 is 0 Å². The average Bonchev–Trinajstić information content (AvgIpc) is 3.26. The molecule has 2 aliphatic rings. The maximum absolute atomic E-state index is 11.2. The lowest BCUT2D eigenvalue weighted by atomic mass is 10.1. The Morgan fingerprint density at radius 1 is 1.24 bits per heavy atom. The van der Waals surface area contributed by atoms with E-state index in [9.17, 15) is 10.1 Å². The molecule has 0 N–H and O–H groups in total. The summed E-state index contributed by atoms with van der Waals surface area (Å²) >= 11 is 1.78. The molecule has 1 aromatic rings. The first-order chi connectivity index (χ1) is 13.6. The van der Waals surface area contributed by atoms with E-state index in [2.05, 4.69) is 32.6 Å². The number of aliphatic imine (C=N–C) groups is 1. The van der Waals surface area contributed by atoms with Crippen LogP contribution in [0, 0.1) is 24.0 Å². The highest BCUT2D eigenvalue weighted by atomic mass is 32.2. The molecule has 1 saturated carbocycles. The van der Waals surface area contributed by atoms with E-state index in [1.807, 2.05) is 6.92 Å². The Labute approximate surface area is 178 Å². The molecule has 0 bridgehead atoms. The minimum Gasteiger partial charge on any atom is -0.371 e. The largest absolute Gasteiger partial charge is 0.371 e. The number of amidine groups is 1. The van der Waals surface area contributed by atoms with Crippen molar-refractivity contribution in [1.82, 2.24) is 4.90 Å². The van der Waals surface area contributed by atoms with Crippen molar-refractivity contribution in [2.75, 3.05) is 5.75 Å². The van der Waals surface area contributed by atoms with Gasteiger partial charge in [-0.15, -0.1) is 0 Å². The predicted octanol–water partition coefficient (Wildman–Crippen LogP) is 5.76. The molecule has 0 unspecified atom stereocenters. The molecule has 1 aliphatic carbocycles. The summed E-state index contributed by atoms with van der Waals surface area (Å²) in [5.74, 6) is 0.956. The smallest absolute Gasteiger partial charge is 0.272 e. The van der Waals surface area contributed by atoms with Crippen molar-refractivity contribution >= 4 is 28.3 Å². The minimum absolute atomic E-state index is 0.107. The molecule has 0 amide bonds. The maximum atomic E-state index is 11.2. The molecule has 0 aromatic heterocycles. The molecule has 29 heavy (non-hydrogen) atoms. The Morgan fingerprint density at radius 2 is 1.90 bits per heavy atom. The fraction of sp³-hybridized carbons (Fsp3) is 0.682. The highest BCUT2D eigenvalue weighted by Crippen LogP contribution is 2.38. The van der Waals surface area contributed by atoms with Crippen LogP contribution >= 0.6 is 11.8 Å². The molecule has 1 aliphatic heterocycles. The number of nitro benzene ring substituents is 1. The maximum Gasteiger partial charge on any atom is 0.272 e. The number of ether oxygens (including phenoxy) is 1. The molecular weight excluding hydrogens is 386 g/mol. The Morgan fingerprint density at radius 3 is 2.48 bits per heavy atom. The second-order valence-corrected chi connectivity index (χ2v) is 10.2. The van der Waals surface area contributed by atoms with Gasteiger partial charge in [-0.2, -0.15) is 0 Å². The summed E-state index contributed by atoms with van der Waals surface area (Å²) in [7, 11) is 0. The quantitative estimate of drug-likeness (QED) is 0.448. The molecule has 7 heteroatoms. The number of rotatable bonds is 5. The zero-order chi connectivity index (χ0) is 21.3. The van der Waals surface area contributed by atoms with Gasteiger partial charge in [-0.1, -0.05) is 24.6 Å². The van der Waals surface area contributed by atoms with Crippen LogP contribution in [0.15, 0.2) is 17.1 Å². The lowest BCUT2D eigenvalue weighted by Gasteiger charge is -2.37. The molecule has 1 aromatic carbocycles. The second-order valence-electron chi connectivity index (χ2n) is 9.16. The van der Waals surface area contributed by atoms with E-state index in [-0.39, 0.29) is 22.3 Å². The molecule has 2 fully saturated rings. The van der Waals surface area contributed by atoms with Crippen LogP contribution in [0.4, 0.5) is 11.4 Å². The fourth-order valence-corrected chi connectivity index (χ4v) is 5.72. The van der Waals surface area contributed by atoms with Crippen molar-refractivity contribution in [2.45, 2.75) is 91.0 Å². The van der Waals surface area contributed by atoms with Crippen molar-refractivity contribution in [3.8, 4) is 0 Å². The van der Waals surface area contributed by atoms with Gasteiger partial charge in [0.15, 0.2) is 5.17 Å². The van der Waals surface area contributed by atoms with Gasteiger partial charge in [0.25, 0.3) is 5.69 Å². The van der Waals surface area contributed by atoms with Crippen molar-refractivity contribution in [3.63, 3.8) is 0 Å². The number of hydrogen-bond acceptors (Lipinski definition) is 5. The predicted molar refractivity (Wildman–Crippen MR) is 120 cm³/mol. The molecule has 2 atom stereocenters. The minimum atomic E-state index is -0.323. The molecule has 1 saturated heterocycles. The molecule has 0 spiro atoms. The van der Waals surface area contributed by atoms with Crippen molar-refractivity contribution in [2.24, 2.45) is 4.99 Å². The molecule has 1 heterocycles. The Balaban J connectivity index is 1.93. The summed E-state index contributed by atoms with van der Waals surface area (Å²) in [4.78, 5) is 18.4. The topological polar surface area (TPSA) is 68.0 Å². The van der Waals surface area contributed by atoms with Gasteiger partial charge in [-0.3, -0.25) is 10.1 Å². The lowest BCUT2D eigenvalue weighted by molar-refractivity contribution is -0.385. The van der Waals surface area contributed by atoms with Gasteiger partial charge in [0.05, 0.1) is 28.4 Å². The first kappa shape index (κ1) is 22.1. The Hall–Kier alpha value is -1.60. The normalized spacial score (nSPS) is 23.2. The molecule has 0 radical (unpaired) electrons. The van der Waals surface area contributed by atoms with Gasteiger partial charge in [-0.25, -0.2) is 4.99 Å². The van der Waals surface area contributed by atoms with Crippen LogP contribution in [0.2, 0.25) is 0 Å². The zero-order valence-corrected chi connectivity index (χ0v) is 19.2. The van der Waals surface area contributed by atoms with Crippen LogP contribution in [0.5, 0.6) is 0 Å². The number of nitrogens with zero attached hydrogens (tertiary/aromatic N) is 3. The van der Waals surface area contributed by atoms with Gasteiger partial charge >= 0.3 is 0 Å². The van der Waals surface area contributed by atoms with Gasteiger partial charge in [0, 0.05) is 23.4 Å². The number of thioether (sulfide) groups is 1. The SMILES string of the molecule is Cc1c(/N=C2\SC[C@@H]([C@@H](C)OC(C)(C)C)N2C2CCCC2)ccc([N+](=O)[O-])c1C. The first-order valence-electron chi connectivity index (χ1n) is 10.5. The van der Waals surface area contributed by atoms with Crippen LogP contribution in [0.3, 0.4) is 0 Å². The van der Waals surface area contributed by atoms with Crippen molar-refractivity contribution < 1.29 is 9.66 Å². The van der Waals surface area contributed by atoms with Gasteiger partial charge in [0.2, 0.25) is 0 Å². The van der Waals surface area contributed by atoms with Gasteiger partial charge < -0.3 is 9.64 Å². The van der Waals surface area contributed by atoms with Crippen LogP contribution in [0.25, 0.3) is 0 Å². The van der Waals surface area contributed by atoms with E-state index >= 15 is 0 Å². The van der Waals surface area contributed by atoms with Gasteiger partial charge in [0.1, 0.15) is 0 Å². The summed E-state index contributed by atoms with van der Waals surface area (Å²) in [6.07, 6.45) is 5.01. The summed E-state index contributed by atoms with van der Waals surface area (Å²) in [5.41, 5.74) is 2.36. The third-order valence-electron chi connectivity index (χ3n) is 5.90. The summed E-state index contributed by atoms with van der Waals surface area (Å²) in [6.45, 7) is 12.2. The van der Waals surface area contributed by atoms with Crippen LogP contribution in [-0.4, -0.2) is 44.5 Å². The van der Waals surface area contributed by atoms with Crippen LogP contribution in [-0.2, 0) is 4.74 Å². The molecule has 6 nitrogen and oxygen atoms in total. The Kier molecular flexibility index (Phi) is 6.58. The Bertz CT molecular complexity index is 797. The number of nitro groups is 1. The second kappa shape index (κ2) is 8.64. The molecule has 3 rings (SSSR count). The van der Waals surface area contributed by atoms with E-state index in [1.54, 1.807) is 30.8 Å². The number of hydrogen-bond donors (Lipinski definition) is 0. The molecular formula is C22H33N3O3S.